The third-order valence-corrected chi connectivity index (χ3v) is 11.7. The number of aromatic hydroxyl groups is 2. The first-order chi connectivity index (χ1) is 29.5. The van der Waals surface area contributed by atoms with Gasteiger partial charge in [0.2, 0.25) is 24.1 Å². The number of phenols is 2. The molecule has 12 N–H and O–H groups in total. The van der Waals surface area contributed by atoms with Crippen LogP contribution in [-0.4, -0.2) is 159 Å². The molecule has 2 saturated heterocycles. The van der Waals surface area contributed by atoms with Crippen LogP contribution in [0.1, 0.15) is 86.6 Å². The Morgan fingerprint density at radius 2 is 0.887 bits per heavy atom. The Hall–Kier alpha value is -6.04. The molecule has 0 saturated carbocycles. The second kappa shape index (κ2) is 16.0. The highest BCUT2D eigenvalue weighted by molar-refractivity contribution is 6.18. The molecule has 0 radical (unpaired) electrons. The van der Waals surface area contributed by atoms with Crippen LogP contribution in [0.25, 0.3) is 0 Å². The Balaban J connectivity index is 1.38. The second-order valence-electron chi connectivity index (χ2n) is 15.2. The molecule has 2 fully saturated rings. The van der Waals surface area contributed by atoms with E-state index in [0.29, 0.717) is 0 Å². The number of fused-ring (bicyclic) bond motifs is 4. The molecule has 2 heterocycles. The van der Waals surface area contributed by atoms with Crippen LogP contribution in [0.15, 0.2) is 60.7 Å². The Labute approximate surface area is 348 Å². The van der Waals surface area contributed by atoms with Crippen molar-refractivity contribution in [2.75, 3.05) is 13.2 Å². The molecular weight excluding hydrogens is 824 g/mol. The monoisotopic (exact) mass is 862 g/mol. The van der Waals surface area contributed by atoms with Gasteiger partial charge in [-0.3, -0.25) is 9.59 Å². The first-order valence-electron chi connectivity index (χ1n) is 19.0. The smallest absolute Gasteiger partial charge is 0.335 e. The Bertz CT molecular complexity index is 2330. The molecule has 0 aromatic heterocycles. The summed E-state index contributed by atoms with van der Waals surface area (Å²) < 4.78 is 23.0. The van der Waals surface area contributed by atoms with Crippen molar-refractivity contribution in [2.24, 2.45) is 0 Å². The van der Waals surface area contributed by atoms with Crippen molar-refractivity contribution in [2.45, 2.75) is 73.2 Å². The molecule has 4 aromatic rings. The molecule has 2 aliphatic heterocycles. The van der Waals surface area contributed by atoms with E-state index >= 15 is 0 Å². The van der Waals surface area contributed by atoms with Gasteiger partial charge >= 0.3 is 11.9 Å². The van der Waals surface area contributed by atoms with Crippen molar-refractivity contribution >= 4 is 23.5 Å². The van der Waals surface area contributed by atoms with Gasteiger partial charge < -0.3 is 80.2 Å². The van der Waals surface area contributed by atoms with Gasteiger partial charge in [0.25, 0.3) is 0 Å². The molecule has 0 spiro atoms. The lowest BCUT2D eigenvalue weighted by Crippen LogP contribution is -2.60. The fourth-order valence-corrected chi connectivity index (χ4v) is 8.71. The lowest BCUT2D eigenvalue weighted by molar-refractivity contribution is -0.277. The summed E-state index contributed by atoms with van der Waals surface area (Å²) in [7, 11) is 0. The molecule has 8 rings (SSSR count). The maximum absolute atomic E-state index is 14.7. The second-order valence-corrected chi connectivity index (χ2v) is 15.2. The number of aliphatic hydroxyl groups is 8. The van der Waals surface area contributed by atoms with Gasteiger partial charge in [0.05, 0.1) is 46.6 Å². The van der Waals surface area contributed by atoms with Gasteiger partial charge in [-0.2, -0.15) is 0 Å². The van der Waals surface area contributed by atoms with Gasteiger partial charge in [0.1, 0.15) is 71.8 Å². The lowest BCUT2D eigenvalue weighted by Gasteiger charge is -2.41. The number of rotatable bonds is 9. The van der Waals surface area contributed by atoms with Crippen molar-refractivity contribution < 1.29 is 99.4 Å². The summed E-state index contributed by atoms with van der Waals surface area (Å²) in [6.07, 6.45) is -17.7. The zero-order chi connectivity index (χ0) is 44.6. The standard InChI is InChI=1S/C42H38O20/c43-11-23-31(47)35(51)37(53)41(61-23)59-21-5-1-3-15-25(17-7-13(39(55)56)9-19(45)27(17)33(49)29(15)21)26-16-4-2-6-22(60-42-38(54)36(52)32(48)24(12-44)62-42)30(16)34(50)28-18(26)8-14(40(57)58)10-20(28)46/h1-10,23-26,31-32,35-38,41-48,51-54H,11-12H2,(H,55,56)(H,57,58)/t23?,24?,25-,26-,31?,32?,35?,36?,37?,38?,41-,42-/m1/s1. The van der Waals surface area contributed by atoms with E-state index < -0.39 is 144 Å². The van der Waals surface area contributed by atoms with E-state index in [1.807, 2.05) is 0 Å². The number of aromatic carboxylic acids is 2. The number of carbonyl (C=O) groups excluding carboxylic acids is 2. The molecule has 4 aliphatic rings. The third-order valence-electron chi connectivity index (χ3n) is 11.7. The number of aliphatic hydroxyl groups excluding tert-OH is 8. The number of carboxylic acids is 2. The van der Waals surface area contributed by atoms with E-state index in [0.717, 1.165) is 24.3 Å². The highest BCUT2D eigenvalue weighted by Crippen LogP contribution is 2.56. The largest absolute Gasteiger partial charge is 0.507 e. The number of ether oxygens (including phenoxy) is 4. The van der Waals surface area contributed by atoms with E-state index in [9.17, 15) is 80.5 Å². The topological polar surface area (TPSA) is 348 Å². The molecule has 8 unspecified atom stereocenters. The average molecular weight is 863 g/mol. The molecule has 0 amide bonds. The summed E-state index contributed by atoms with van der Waals surface area (Å²) in [5, 5.41) is 126. The summed E-state index contributed by atoms with van der Waals surface area (Å²) in [6, 6.07) is 11.9. The molecule has 62 heavy (non-hydrogen) atoms. The van der Waals surface area contributed by atoms with Crippen molar-refractivity contribution in [3.63, 3.8) is 0 Å². The number of carbonyl (C=O) groups is 4. The van der Waals surface area contributed by atoms with Crippen LogP contribution in [0.2, 0.25) is 0 Å². The van der Waals surface area contributed by atoms with Crippen molar-refractivity contribution in [3.8, 4) is 23.0 Å². The highest BCUT2D eigenvalue weighted by Gasteiger charge is 2.50. The van der Waals surface area contributed by atoms with E-state index in [1.165, 1.54) is 36.4 Å². The predicted molar refractivity (Wildman–Crippen MR) is 202 cm³/mol. The zero-order valence-electron chi connectivity index (χ0n) is 31.7. The number of phenolic OH excluding ortho intramolecular Hbond substituents is 2. The van der Waals surface area contributed by atoms with Crippen LogP contribution in [0.5, 0.6) is 23.0 Å². The SMILES string of the molecule is O=C(O)c1cc(O)c2c(c1)[C@H]([C@H]1c3cc(C(=O)O)cc(O)c3C(=O)c3c(O[C@@H]4OC(CO)C(O)C(O)C4O)cccc31)c1cccc(O[C@@H]3OC(CO)C(O)C(O)C3O)c1C2=O. The summed E-state index contributed by atoms with van der Waals surface area (Å²) in [6.45, 7) is -1.64. The molecule has 12 atom stereocenters. The summed E-state index contributed by atoms with van der Waals surface area (Å²) in [5.41, 5.74) is -2.87. The summed E-state index contributed by atoms with van der Waals surface area (Å²) >= 11 is 0. The Kier molecular flexibility index (Phi) is 11.0. The van der Waals surface area contributed by atoms with Gasteiger partial charge in [-0.05, 0) is 58.7 Å². The van der Waals surface area contributed by atoms with Gasteiger partial charge in [-0.25, -0.2) is 9.59 Å². The Morgan fingerprint density at radius 1 is 0.516 bits per heavy atom. The zero-order valence-corrected chi connectivity index (χ0v) is 31.7. The quantitative estimate of drug-likeness (QED) is 0.0950. The molecule has 0 bridgehead atoms. The molecule has 2 aliphatic carbocycles. The minimum Gasteiger partial charge on any atom is -0.507 e. The third kappa shape index (κ3) is 6.73. The lowest BCUT2D eigenvalue weighted by atomic mass is 9.63. The summed E-state index contributed by atoms with van der Waals surface area (Å²) in [4.78, 5) is 54.2. The van der Waals surface area contributed by atoms with Crippen LogP contribution >= 0.6 is 0 Å². The highest BCUT2D eigenvalue weighted by atomic mass is 16.7. The van der Waals surface area contributed by atoms with Gasteiger partial charge in [-0.1, -0.05) is 24.3 Å². The molecule has 20 heteroatoms. The van der Waals surface area contributed by atoms with Crippen LogP contribution < -0.4 is 9.47 Å². The van der Waals surface area contributed by atoms with E-state index in [-0.39, 0.29) is 44.9 Å². The van der Waals surface area contributed by atoms with E-state index in [1.54, 1.807) is 0 Å². The average Bonchev–Trinajstić information content (AvgIpc) is 3.24. The predicted octanol–water partition coefficient (Wildman–Crippen LogP) is -1.10. The maximum atomic E-state index is 14.7. The van der Waals surface area contributed by atoms with E-state index in [2.05, 4.69) is 0 Å². The number of benzene rings is 4. The summed E-state index contributed by atoms with van der Waals surface area (Å²) in [5.74, 6) is -10.1. The number of hydrogen-bond acceptors (Lipinski definition) is 18. The van der Waals surface area contributed by atoms with Crippen LogP contribution in [0.4, 0.5) is 0 Å². The minimum atomic E-state index is -1.94. The number of hydrogen-bond donors (Lipinski definition) is 12. The van der Waals surface area contributed by atoms with Crippen molar-refractivity contribution in [1.82, 2.24) is 0 Å². The van der Waals surface area contributed by atoms with Crippen molar-refractivity contribution in [3.05, 3.63) is 116 Å². The molecule has 20 nitrogen and oxygen atoms in total. The van der Waals surface area contributed by atoms with Crippen molar-refractivity contribution in [1.29, 1.82) is 0 Å². The fourth-order valence-electron chi connectivity index (χ4n) is 8.71. The van der Waals surface area contributed by atoms with Gasteiger partial charge in [-0.15, -0.1) is 0 Å². The number of ketones is 2. The first-order valence-corrected chi connectivity index (χ1v) is 19.0. The Morgan fingerprint density at radius 3 is 1.23 bits per heavy atom. The maximum Gasteiger partial charge on any atom is 0.335 e. The minimum absolute atomic E-state index is 0.00301. The number of carboxylic acid groups (broad SMARTS) is 2. The van der Waals surface area contributed by atoms with Crippen LogP contribution in [0.3, 0.4) is 0 Å². The van der Waals surface area contributed by atoms with E-state index in [4.69, 9.17) is 18.9 Å². The normalized spacial score (nSPS) is 30.1. The molecule has 4 aromatic carbocycles. The van der Waals surface area contributed by atoms with Crippen LogP contribution in [-0.2, 0) is 9.47 Å². The first kappa shape index (κ1) is 42.6. The van der Waals surface area contributed by atoms with Gasteiger partial charge in [0.15, 0.2) is 0 Å². The fraction of sp³-hybridized carbons (Fsp3) is 0.333. The molecular formula is C42H38O20. The van der Waals surface area contributed by atoms with Crippen LogP contribution in [0, 0.1) is 0 Å². The van der Waals surface area contributed by atoms with Gasteiger partial charge in [0, 0.05) is 11.8 Å². The molecule has 326 valence electrons.